The number of hydrogen-bond acceptors (Lipinski definition) is 0. The predicted molar refractivity (Wildman–Crippen MR) is 126 cm³/mol. The molecule has 0 radical (unpaired) electrons. The molecule has 154 valence electrons. The quantitative estimate of drug-likeness (QED) is 0.379. The first-order valence-electron chi connectivity index (χ1n) is 6.48. The van der Waals surface area contributed by atoms with Crippen molar-refractivity contribution in [3.63, 3.8) is 0 Å². The fraction of sp³-hybridized carbons (Fsp3) is 0.182. The largest absolute Gasteiger partial charge is 0.477 e. The maximum absolute atomic E-state index is 3.34. The van der Waals surface area contributed by atoms with Gasteiger partial charge in [-0.1, -0.05) is 12.1 Å². The monoisotopic (exact) mass is 474 g/mol. The zero-order valence-electron chi connectivity index (χ0n) is 17.3. The number of nitrogens with one attached hydrogen (secondary N) is 1. The number of H-pyrrole nitrogens is 1. The molecule has 2 aromatic rings. The number of benzene rings is 1. The topological polar surface area (TPSA) is 15.8 Å². The van der Waals surface area contributed by atoms with Gasteiger partial charge in [0.25, 0.3) is 0 Å². The number of aromatic nitrogens is 1. The molecule has 4 heteroatoms. The molecule has 1 N–H and O–H groups in total. The van der Waals surface area contributed by atoms with E-state index in [1.807, 2.05) is 36.4 Å². The second-order valence-corrected chi connectivity index (χ2v) is 4.50. The van der Waals surface area contributed by atoms with Crippen molar-refractivity contribution in [1.29, 1.82) is 0 Å². The van der Waals surface area contributed by atoms with Gasteiger partial charge < -0.3 is 40.6 Å². The summed E-state index contributed by atoms with van der Waals surface area (Å²) in [7, 11) is 0. The van der Waals surface area contributed by atoms with Gasteiger partial charge in [0.2, 0.25) is 0 Å². The van der Waals surface area contributed by atoms with Crippen LogP contribution >= 0.6 is 24.8 Å². The Morgan fingerprint density at radius 2 is 1.50 bits per heavy atom. The fourth-order valence-corrected chi connectivity index (χ4v) is 1.27. The van der Waals surface area contributed by atoms with Crippen LogP contribution in [0.15, 0.2) is 48.6 Å². The third kappa shape index (κ3) is 25.8. The molecule has 3 rings (SSSR count). The van der Waals surface area contributed by atoms with Crippen molar-refractivity contribution < 1.29 is 24.2 Å². The molecule has 1 heterocycles. The van der Waals surface area contributed by atoms with Gasteiger partial charge in [0, 0.05) is 0 Å². The van der Waals surface area contributed by atoms with E-state index < -0.39 is 0 Å². The summed E-state index contributed by atoms with van der Waals surface area (Å²) in [5.74, 6) is 1.42. The molecule has 1 nitrogen and oxygen atoms in total. The first kappa shape index (κ1) is 44.8. The first-order chi connectivity index (χ1) is 9.70. The van der Waals surface area contributed by atoms with Crippen molar-refractivity contribution >= 4 is 39.9 Å². The zero-order chi connectivity index (χ0) is 15.2. The molecule has 26 heavy (non-hydrogen) atoms. The van der Waals surface area contributed by atoms with E-state index >= 15 is 0 Å². The Balaban J connectivity index is -0.0000000382. The van der Waals surface area contributed by atoms with E-state index in [1.165, 1.54) is 35.5 Å². The summed E-state index contributed by atoms with van der Waals surface area (Å²) in [4.78, 5) is 2.99. The molecule has 0 atom stereocenters. The molecule has 0 saturated heterocycles. The molecule has 0 unspecified atom stereocenters. The number of halogens is 2. The molecule has 0 bridgehead atoms. The third-order valence-electron chi connectivity index (χ3n) is 1.98. The van der Waals surface area contributed by atoms with Crippen LogP contribution in [-0.4, -0.2) is 9.20 Å². The minimum absolute atomic E-state index is 0. The summed E-state index contributed by atoms with van der Waals surface area (Å²) < 4.78 is 3.34. The van der Waals surface area contributed by atoms with E-state index in [-0.39, 0.29) is 54.5 Å². The van der Waals surface area contributed by atoms with Gasteiger partial charge in [-0.2, -0.15) is 38.3 Å². The first-order valence-corrected chi connectivity index (χ1v) is 8.21. The van der Waals surface area contributed by atoms with Gasteiger partial charge in [-0.25, -0.2) is 12.2 Å². The van der Waals surface area contributed by atoms with E-state index in [0.29, 0.717) is 0 Å². The second kappa shape index (κ2) is 32.3. The van der Waals surface area contributed by atoms with Crippen LogP contribution in [0.2, 0.25) is 0 Å². The van der Waals surface area contributed by atoms with E-state index in [0.717, 1.165) is 11.9 Å². The Morgan fingerprint density at radius 3 is 1.85 bits per heavy atom. The van der Waals surface area contributed by atoms with Crippen LogP contribution in [0.4, 0.5) is 0 Å². The minimum atomic E-state index is 0. The minimum Gasteiger partial charge on any atom is -0.477 e. The summed E-state index contributed by atoms with van der Waals surface area (Å²) in [6, 6.07) is 10.1. The van der Waals surface area contributed by atoms with Gasteiger partial charge in [-0.05, 0) is 0 Å². The Hall–Kier alpha value is -0.427. The molecular weight excluding hydrogens is 440 g/mol. The summed E-state index contributed by atoms with van der Waals surface area (Å²) >= 11 is 1.30. The molecule has 1 aliphatic carbocycles. The number of allylic oxidation sites excluding steroid dienone is 4. The molecule has 1 aromatic carbocycles. The molecule has 0 saturated carbocycles. The zero-order valence-corrected chi connectivity index (χ0v) is 21.4. The van der Waals surface area contributed by atoms with E-state index in [2.05, 4.69) is 54.4 Å². The van der Waals surface area contributed by atoms with E-state index in [9.17, 15) is 0 Å². The van der Waals surface area contributed by atoms with Gasteiger partial charge in [-0.15, -0.1) is 55.1 Å². The van der Waals surface area contributed by atoms with Crippen molar-refractivity contribution in [2.75, 3.05) is 0 Å². The van der Waals surface area contributed by atoms with Crippen LogP contribution in [0.5, 0.6) is 0 Å². The number of rotatable bonds is 0. The molecule has 0 amide bonds. The maximum Gasteiger partial charge on any atom is -0.0745 e. The van der Waals surface area contributed by atoms with Crippen LogP contribution < -0.4 is 0 Å². The molecule has 1 aromatic heterocycles. The Morgan fingerprint density at radius 1 is 1.00 bits per heavy atom. The van der Waals surface area contributed by atoms with Gasteiger partial charge >= 0.3 is 28.4 Å². The Bertz CT molecular complexity index is 477. The van der Waals surface area contributed by atoms with Gasteiger partial charge in [0.05, 0.1) is 0 Å². The number of aromatic amines is 1. The van der Waals surface area contributed by atoms with Crippen LogP contribution in [0.25, 0.3) is 10.9 Å². The number of fused-ring (bicyclic) bond motifs is 1. The van der Waals surface area contributed by atoms with Gasteiger partial charge in [0.15, 0.2) is 0 Å². The van der Waals surface area contributed by atoms with E-state index in [4.69, 9.17) is 0 Å². The van der Waals surface area contributed by atoms with Crippen LogP contribution in [0.1, 0.15) is 27.2 Å². The average Bonchev–Trinajstić information content (AvgIpc) is 3.15. The third-order valence-corrected chi connectivity index (χ3v) is 1.98. The van der Waals surface area contributed by atoms with E-state index in [1.54, 1.807) is 0 Å². The summed E-state index contributed by atoms with van der Waals surface area (Å²) in [6.07, 6.45) is 12.9. The smallest absolute Gasteiger partial charge is 0.0745 e. The van der Waals surface area contributed by atoms with Crippen molar-refractivity contribution in [3.8, 4) is 0 Å². The van der Waals surface area contributed by atoms with Crippen molar-refractivity contribution in [3.05, 3.63) is 96.5 Å². The normalized spacial score (nSPS) is 8.42. The van der Waals surface area contributed by atoms with Crippen molar-refractivity contribution in [2.45, 2.75) is 27.2 Å². The molecular formula is C22H36Cl2NZr-7. The summed E-state index contributed by atoms with van der Waals surface area (Å²) in [6.45, 7) is 6.25. The molecule has 0 spiro atoms. The summed E-state index contributed by atoms with van der Waals surface area (Å²) in [5, 5.41) is 1.22. The predicted octanol–water partition coefficient (Wildman–Crippen LogP) is 7.50. The van der Waals surface area contributed by atoms with Crippen LogP contribution in [0.3, 0.4) is 0 Å². The molecule has 0 aliphatic heterocycles. The average molecular weight is 477 g/mol. The molecule has 1 aliphatic rings. The van der Waals surface area contributed by atoms with Gasteiger partial charge in [-0.3, -0.25) is 6.08 Å². The number of hydrogen-bond donors (Lipinski definition) is 1. The Kier molecular flexibility index (Phi) is 55.5. The second-order valence-electron chi connectivity index (χ2n) is 4.50. The number of para-hydroxylation sites is 1. The standard InChI is InChI=1S/C8H6N.C5H5.C4H9.4CH3.CH2.2ClH.Zr/c1-2-4-8-7(3-1)5-6-9-8;1-2-4-5-3-1;1-4(2)3;;;;;;;;/h1-5,9H;1-3H,4H2;1-3H3;4*1H3;1H2;2*1H;/q7*-1;;;;. The van der Waals surface area contributed by atoms with Crippen molar-refractivity contribution in [1.82, 2.24) is 4.98 Å². The van der Waals surface area contributed by atoms with Crippen LogP contribution in [-0.2, 0) is 24.2 Å². The van der Waals surface area contributed by atoms with Crippen molar-refractivity contribution in [2.24, 2.45) is 0 Å². The Labute approximate surface area is 191 Å². The van der Waals surface area contributed by atoms with Crippen LogP contribution in [0, 0.1) is 47.9 Å². The molecule has 0 fully saturated rings. The maximum atomic E-state index is 3.34. The van der Waals surface area contributed by atoms with Gasteiger partial charge in [0.1, 0.15) is 0 Å². The summed E-state index contributed by atoms with van der Waals surface area (Å²) in [5.41, 5.74) is 1.15. The SMILES string of the molecule is C[C-](C)C.Cl.Cl.[C-]1=CC=CC1.[CH2]=[Zr].[CH3-].[CH3-].[CH3-].[CH3-].[c-]1cc2ccccc2[nH]1. The fourth-order valence-electron chi connectivity index (χ4n) is 1.27.